The topological polar surface area (TPSA) is 62.2 Å². The molecular weight excluding hydrogens is 272 g/mol. The largest absolute Gasteiger partial charge is 0.481 e. The SMILES string of the molecule is O=C(O)CCc1csc(NC2CCc3ccccc32)n1. The van der Waals surface area contributed by atoms with Crippen LogP contribution in [-0.4, -0.2) is 16.1 Å². The maximum Gasteiger partial charge on any atom is 0.303 e. The van der Waals surface area contributed by atoms with E-state index in [1.165, 1.54) is 11.1 Å². The van der Waals surface area contributed by atoms with Crippen LogP contribution in [0.25, 0.3) is 0 Å². The van der Waals surface area contributed by atoms with Crippen molar-refractivity contribution in [2.45, 2.75) is 31.7 Å². The Morgan fingerprint density at radius 1 is 1.45 bits per heavy atom. The molecule has 4 nitrogen and oxygen atoms in total. The van der Waals surface area contributed by atoms with Crippen molar-refractivity contribution in [1.82, 2.24) is 4.98 Å². The van der Waals surface area contributed by atoms with Gasteiger partial charge in [-0.05, 0) is 24.0 Å². The lowest BCUT2D eigenvalue weighted by molar-refractivity contribution is -0.136. The molecule has 0 fully saturated rings. The molecule has 1 aromatic carbocycles. The number of aromatic nitrogens is 1. The number of rotatable bonds is 5. The predicted octanol–water partition coefficient (Wildman–Crippen LogP) is 3.26. The number of nitrogens with one attached hydrogen (secondary N) is 1. The molecule has 0 spiro atoms. The van der Waals surface area contributed by atoms with Crippen LogP contribution in [0.1, 0.15) is 35.7 Å². The fourth-order valence-electron chi connectivity index (χ4n) is 2.58. The van der Waals surface area contributed by atoms with Gasteiger partial charge in [-0.25, -0.2) is 4.98 Å². The number of hydrogen-bond donors (Lipinski definition) is 2. The molecule has 5 heteroatoms. The Bertz CT molecular complexity index is 624. The fraction of sp³-hybridized carbons (Fsp3) is 0.333. The maximum atomic E-state index is 10.6. The molecule has 0 amide bonds. The molecule has 104 valence electrons. The van der Waals surface area contributed by atoms with Crippen molar-refractivity contribution in [3.8, 4) is 0 Å². The van der Waals surface area contributed by atoms with E-state index >= 15 is 0 Å². The highest BCUT2D eigenvalue weighted by atomic mass is 32.1. The second kappa shape index (κ2) is 5.63. The molecule has 2 aromatic rings. The fourth-order valence-corrected chi connectivity index (χ4v) is 3.38. The average Bonchev–Trinajstić information content (AvgIpc) is 3.05. The van der Waals surface area contributed by atoms with Crippen molar-refractivity contribution in [1.29, 1.82) is 0 Å². The molecule has 1 aromatic heterocycles. The van der Waals surface area contributed by atoms with Crippen LogP contribution in [0.4, 0.5) is 5.13 Å². The Morgan fingerprint density at radius 3 is 3.15 bits per heavy atom. The van der Waals surface area contributed by atoms with Crippen LogP contribution in [0.3, 0.4) is 0 Å². The van der Waals surface area contributed by atoms with E-state index in [-0.39, 0.29) is 6.42 Å². The van der Waals surface area contributed by atoms with Crippen molar-refractivity contribution in [3.63, 3.8) is 0 Å². The van der Waals surface area contributed by atoms with Gasteiger partial charge in [0.15, 0.2) is 5.13 Å². The molecule has 0 bridgehead atoms. The second-order valence-corrected chi connectivity index (χ2v) is 5.83. The number of carboxylic acid groups (broad SMARTS) is 1. The number of hydrogen-bond acceptors (Lipinski definition) is 4. The summed E-state index contributed by atoms with van der Waals surface area (Å²) in [5.41, 5.74) is 3.62. The molecular formula is C15H16N2O2S. The summed E-state index contributed by atoms with van der Waals surface area (Å²) in [6, 6.07) is 8.81. The van der Waals surface area contributed by atoms with Crippen molar-refractivity contribution in [2.75, 3.05) is 5.32 Å². The third-order valence-electron chi connectivity index (χ3n) is 3.58. The van der Waals surface area contributed by atoms with E-state index in [9.17, 15) is 4.79 Å². The first-order valence-corrected chi connectivity index (χ1v) is 7.61. The lowest BCUT2D eigenvalue weighted by atomic mass is 10.1. The van der Waals surface area contributed by atoms with E-state index in [2.05, 4.69) is 34.6 Å². The maximum absolute atomic E-state index is 10.6. The zero-order valence-electron chi connectivity index (χ0n) is 11.0. The Kier molecular flexibility index (Phi) is 3.69. The molecule has 0 aliphatic heterocycles. The van der Waals surface area contributed by atoms with Gasteiger partial charge in [-0.3, -0.25) is 4.79 Å². The summed E-state index contributed by atoms with van der Waals surface area (Å²) < 4.78 is 0. The number of aryl methyl sites for hydroxylation is 2. The summed E-state index contributed by atoms with van der Waals surface area (Å²) in [5, 5.41) is 15.0. The van der Waals surface area contributed by atoms with Crippen molar-refractivity contribution in [2.24, 2.45) is 0 Å². The number of aliphatic carboxylic acids is 1. The first kappa shape index (κ1) is 13.1. The highest BCUT2D eigenvalue weighted by Gasteiger charge is 2.22. The molecule has 0 saturated heterocycles. The van der Waals surface area contributed by atoms with E-state index in [0.717, 1.165) is 23.7 Å². The van der Waals surface area contributed by atoms with Gasteiger partial charge in [0.05, 0.1) is 18.2 Å². The smallest absolute Gasteiger partial charge is 0.303 e. The van der Waals surface area contributed by atoms with E-state index in [1.54, 1.807) is 11.3 Å². The zero-order chi connectivity index (χ0) is 13.9. The van der Waals surface area contributed by atoms with Crippen LogP contribution >= 0.6 is 11.3 Å². The third kappa shape index (κ3) is 2.82. The molecule has 1 aliphatic rings. The van der Waals surface area contributed by atoms with E-state index in [1.807, 2.05) is 5.38 Å². The first-order valence-electron chi connectivity index (χ1n) is 6.73. The molecule has 1 atom stereocenters. The van der Waals surface area contributed by atoms with E-state index in [0.29, 0.717) is 12.5 Å². The van der Waals surface area contributed by atoms with E-state index in [4.69, 9.17) is 5.11 Å². The summed E-state index contributed by atoms with van der Waals surface area (Å²) in [7, 11) is 0. The molecule has 3 rings (SSSR count). The lowest BCUT2D eigenvalue weighted by Crippen LogP contribution is -2.07. The highest BCUT2D eigenvalue weighted by molar-refractivity contribution is 7.13. The monoisotopic (exact) mass is 288 g/mol. The number of fused-ring (bicyclic) bond motifs is 1. The van der Waals surface area contributed by atoms with Crippen LogP contribution < -0.4 is 5.32 Å². The van der Waals surface area contributed by atoms with Crippen LogP contribution in [0.5, 0.6) is 0 Å². The Morgan fingerprint density at radius 2 is 2.30 bits per heavy atom. The first-order chi connectivity index (χ1) is 9.72. The van der Waals surface area contributed by atoms with Gasteiger partial charge < -0.3 is 10.4 Å². The van der Waals surface area contributed by atoms with Gasteiger partial charge in [0.25, 0.3) is 0 Å². The Labute approximate surface area is 121 Å². The highest BCUT2D eigenvalue weighted by Crippen LogP contribution is 2.34. The molecule has 1 unspecified atom stereocenters. The average molecular weight is 288 g/mol. The molecule has 1 aliphatic carbocycles. The number of anilines is 1. The minimum absolute atomic E-state index is 0.134. The van der Waals surface area contributed by atoms with Crippen LogP contribution in [0, 0.1) is 0 Å². The number of benzene rings is 1. The van der Waals surface area contributed by atoms with Crippen molar-refractivity contribution in [3.05, 3.63) is 46.5 Å². The van der Waals surface area contributed by atoms with Gasteiger partial charge in [-0.1, -0.05) is 24.3 Å². The second-order valence-electron chi connectivity index (χ2n) is 4.97. The van der Waals surface area contributed by atoms with Crippen LogP contribution in [0.15, 0.2) is 29.6 Å². The third-order valence-corrected chi connectivity index (χ3v) is 4.40. The quantitative estimate of drug-likeness (QED) is 0.886. The van der Waals surface area contributed by atoms with Gasteiger partial charge in [0, 0.05) is 11.8 Å². The zero-order valence-corrected chi connectivity index (χ0v) is 11.8. The van der Waals surface area contributed by atoms with Crippen molar-refractivity contribution >= 4 is 22.4 Å². The summed E-state index contributed by atoms with van der Waals surface area (Å²) in [4.78, 5) is 15.0. The Hall–Kier alpha value is -1.88. The molecule has 1 heterocycles. The summed E-state index contributed by atoms with van der Waals surface area (Å²) in [6.45, 7) is 0. The summed E-state index contributed by atoms with van der Waals surface area (Å²) in [6.07, 6.45) is 2.82. The lowest BCUT2D eigenvalue weighted by Gasteiger charge is -2.12. The van der Waals surface area contributed by atoms with Gasteiger partial charge in [0.1, 0.15) is 0 Å². The minimum atomic E-state index is -0.780. The van der Waals surface area contributed by atoms with Crippen LogP contribution in [0.2, 0.25) is 0 Å². The van der Waals surface area contributed by atoms with Crippen molar-refractivity contribution < 1.29 is 9.90 Å². The van der Waals surface area contributed by atoms with Gasteiger partial charge in [0.2, 0.25) is 0 Å². The van der Waals surface area contributed by atoms with Gasteiger partial charge in [-0.2, -0.15) is 0 Å². The van der Waals surface area contributed by atoms with Gasteiger partial charge >= 0.3 is 5.97 Å². The molecule has 0 radical (unpaired) electrons. The summed E-state index contributed by atoms with van der Waals surface area (Å²) >= 11 is 1.55. The standard InChI is InChI=1S/C15H16N2O2S/c18-14(19)8-6-11-9-20-15(16-11)17-13-7-5-10-3-1-2-4-12(10)13/h1-4,9,13H,5-8H2,(H,16,17)(H,18,19). The molecule has 2 N–H and O–H groups in total. The number of carbonyl (C=O) groups is 1. The minimum Gasteiger partial charge on any atom is -0.481 e. The van der Waals surface area contributed by atoms with Crippen LogP contribution in [-0.2, 0) is 17.6 Å². The predicted molar refractivity (Wildman–Crippen MR) is 79.2 cm³/mol. The van der Waals surface area contributed by atoms with Gasteiger partial charge in [-0.15, -0.1) is 11.3 Å². The van der Waals surface area contributed by atoms with E-state index < -0.39 is 5.97 Å². The molecule has 20 heavy (non-hydrogen) atoms. The summed E-state index contributed by atoms with van der Waals surface area (Å²) in [5.74, 6) is -0.780. The number of carboxylic acids is 1. The number of nitrogens with zero attached hydrogens (tertiary/aromatic N) is 1. The number of thiazole rings is 1. The molecule has 0 saturated carbocycles. The normalized spacial score (nSPS) is 16.9. The Balaban J connectivity index is 1.66.